The third kappa shape index (κ3) is 2.67. The van der Waals surface area contributed by atoms with Crippen LogP contribution in [0.2, 0.25) is 0 Å². The molecule has 5 nitrogen and oxygen atoms in total. The molecule has 0 unspecified atom stereocenters. The summed E-state index contributed by atoms with van der Waals surface area (Å²) in [5, 5.41) is 9.61. The number of rotatable bonds is 3. The van der Waals surface area contributed by atoms with Crippen LogP contribution in [-0.4, -0.2) is 18.8 Å². The molecular weight excluding hydrogens is 340 g/mol. The van der Waals surface area contributed by atoms with Crippen molar-refractivity contribution >= 4 is 0 Å². The monoisotopic (exact) mass is 358 g/mol. The molecule has 0 saturated heterocycles. The number of nitriles is 1. The number of fused-ring (bicyclic) bond motifs is 3. The van der Waals surface area contributed by atoms with Crippen molar-refractivity contribution in [1.82, 2.24) is 4.57 Å². The van der Waals surface area contributed by atoms with Crippen LogP contribution in [0.1, 0.15) is 11.1 Å². The van der Waals surface area contributed by atoms with Gasteiger partial charge < -0.3 is 14.0 Å². The molecule has 0 bridgehead atoms. The Hall–Kier alpha value is -3.52. The minimum atomic E-state index is -0.255. The van der Waals surface area contributed by atoms with Crippen molar-refractivity contribution in [2.75, 3.05) is 14.2 Å². The van der Waals surface area contributed by atoms with E-state index in [1.807, 2.05) is 48.5 Å². The van der Waals surface area contributed by atoms with Gasteiger partial charge in [-0.05, 0) is 35.7 Å². The second-order valence-electron chi connectivity index (χ2n) is 6.37. The molecule has 0 fully saturated rings. The molecule has 0 aliphatic carbocycles. The van der Waals surface area contributed by atoms with Crippen LogP contribution >= 0.6 is 0 Å². The molecule has 0 saturated carbocycles. The minimum absolute atomic E-state index is 0.175. The summed E-state index contributed by atoms with van der Waals surface area (Å²) in [5.41, 5.74) is 4.23. The number of hydrogen-bond acceptors (Lipinski definition) is 4. The standard InChI is InChI=1S/C22H18N2O3/c1-26-20-10-15-8-9-24-19(17(15)12-21(20)27-2)11-16(18(13-23)22(24)25)14-6-4-3-5-7-14/h3-7,10-12H,8-9H2,1-2H3. The fourth-order valence-electron chi connectivity index (χ4n) is 3.64. The van der Waals surface area contributed by atoms with E-state index in [1.165, 1.54) is 0 Å². The molecular formula is C22H18N2O3. The lowest BCUT2D eigenvalue weighted by Crippen LogP contribution is -2.28. The maximum atomic E-state index is 13.0. The van der Waals surface area contributed by atoms with Crippen molar-refractivity contribution in [2.45, 2.75) is 13.0 Å². The van der Waals surface area contributed by atoms with Gasteiger partial charge in [0.15, 0.2) is 11.5 Å². The summed E-state index contributed by atoms with van der Waals surface area (Å²) in [4.78, 5) is 13.0. The van der Waals surface area contributed by atoms with Crippen LogP contribution in [0.3, 0.4) is 0 Å². The van der Waals surface area contributed by atoms with Crippen LogP contribution in [-0.2, 0) is 13.0 Å². The number of aryl methyl sites for hydroxylation is 1. The van der Waals surface area contributed by atoms with E-state index in [-0.39, 0.29) is 11.1 Å². The number of hydrogen-bond donors (Lipinski definition) is 0. The van der Waals surface area contributed by atoms with Crippen LogP contribution in [0, 0.1) is 11.3 Å². The quantitative estimate of drug-likeness (QED) is 0.717. The van der Waals surface area contributed by atoms with Crippen LogP contribution in [0.25, 0.3) is 22.4 Å². The topological polar surface area (TPSA) is 64.2 Å². The van der Waals surface area contributed by atoms with Gasteiger partial charge in [-0.3, -0.25) is 4.79 Å². The predicted molar refractivity (Wildman–Crippen MR) is 103 cm³/mol. The number of methoxy groups -OCH3 is 2. The molecule has 27 heavy (non-hydrogen) atoms. The van der Waals surface area contributed by atoms with Crippen molar-refractivity contribution < 1.29 is 9.47 Å². The molecule has 2 heterocycles. The minimum Gasteiger partial charge on any atom is -0.493 e. The second kappa shape index (κ2) is 6.65. The van der Waals surface area contributed by atoms with Crippen LogP contribution in [0.15, 0.2) is 53.3 Å². The van der Waals surface area contributed by atoms with Crippen LogP contribution < -0.4 is 15.0 Å². The van der Waals surface area contributed by atoms with Gasteiger partial charge in [0, 0.05) is 17.7 Å². The van der Waals surface area contributed by atoms with Crippen molar-refractivity contribution in [1.29, 1.82) is 5.26 Å². The Morgan fingerprint density at radius 3 is 2.37 bits per heavy atom. The predicted octanol–water partition coefficient (Wildman–Crippen LogP) is 3.63. The Bertz CT molecular complexity index is 1130. The zero-order chi connectivity index (χ0) is 19.0. The highest BCUT2D eigenvalue weighted by molar-refractivity contribution is 5.78. The van der Waals surface area contributed by atoms with Gasteiger partial charge in [0.25, 0.3) is 5.56 Å². The highest BCUT2D eigenvalue weighted by Crippen LogP contribution is 2.39. The van der Waals surface area contributed by atoms with E-state index >= 15 is 0 Å². The highest BCUT2D eigenvalue weighted by atomic mass is 16.5. The number of nitrogens with zero attached hydrogens (tertiary/aromatic N) is 2. The summed E-state index contributed by atoms with van der Waals surface area (Å²) in [6.45, 7) is 0.528. The maximum Gasteiger partial charge on any atom is 0.269 e. The largest absolute Gasteiger partial charge is 0.493 e. The molecule has 0 radical (unpaired) electrons. The van der Waals surface area contributed by atoms with Crippen molar-refractivity contribution in [2.24, 2.45) is 0 Å². The van der Waals surface area contributed by atoms with E-state index in [2.05, 4.69) is 6.07 Å². The Labute approximate surface area is 157 Å². The second-order valence-corrected chi connectivity index (χ2v) is 6.37. The van der Waals surface area contributed by atoms with E-state index in [0.29, 0.717) is 30.0 Å². The molecule has 2 aromatic carbocycles. The first kappa shape index (κ1) is 16.9. The molecule has 0 atom stereocenters. The molecule has 134 valence electrons. The molecule has 0 N–H and O–H groups in total. The lowest BCUT2D eigenvalue weighted by atomic mass is 9.92. The van der Waals surface area contributed by atoms with Gasteiger partial charge in [0.2, 0.25) is 0 Å². The van der Waals surface area contributed by atoms with Gasteiger partial charge in [-0.25, -0.2) is 0 Å². The molecule has 0 spiro atoms. The Morgan fingerprint density at radius 1 is 1.00 bits per heavy atom. The summed E-state index contributed by atoms with van der Waals surface area (Å²) < 4.78 is 12.5. The Morgan fingerprint density at radius 2 is 1.70 bits per heavy atom. The first-order valence-corrected chi connectivity index (χ1v) is 8.66. The van der Waals surface area contributed by atoms with Gasteiger partial charge >= 0.3 is 0 Å². The summed E-state index contributed by atoms with van der Waals surface area (Å²) in [7, 11) is 3.20. The lowest BCUT2D eigenvalue weighted by Gasteiger charge is -2.24. The van der Waals surface area contributed by atoms with Gasteiger partial charge in [-0.15, -0.1) is 0 Å². The van der Waals surface area contributed by atoms with E-state index < -0.39 is 0 Å². The molecule has 0 amide bonds. The van der Waals surface area contributed by atoms with E-state index in [0.717, 1.165) is 22.4 Å². The van der Waals surface area contributed by atoms with E-state index in [9.17, 15) is 10.1 Å². The van der Waals surface area contributed by atoms with Crippen LogP contribution in [0.5, 0.6) is 11.5 Å². The average Bonchev–Trinajstić information content (AvgIpc) is 2.72. The fourth-order valence-corrected chi connectivity index (χ4v) is 3.64. The molecule has 1 aliphatic rings. The third-order valence-corrected chi connectivity index (χ3v) is 4.99. The van der Waals surface area contributed by atoms with E-state index in [4.69, 9.17) is 9.47 Å². The summed E-state index contributed by atoms with van der Waals surface area (Å²) >= 11 is 0. The molecule has 1 aliphatic heterocycles. The highest BCUT2D eigenvalue weighted by Gasteiger charge is 2.24. The number of benzene rings is 2. The number of pyridine rings is 1. The Balaban J connectivity index is 2.02. The summed E-state index contributed by atoms with van der Waals surface area (Å²) in [6.07, 6.45) is 0.693. The first-order valence-electron chi connectivity index (χ1n) is 8.66. The summed E-state index contributed by atoms with van der Waals surface area (Å²) in [6, 6.07) is 17.4. The molecule has 4 rings (SSSR count). The average molecular weight is 358 g/mol. The zero-order valence-corrected chi connectivity index (χ0v) is 15.2. The van der Waals surface area contributed by atoms with Crippen molar-refractivity contribution in [3.8, 4) is 40.0 Å². The van der Waals surface area contributed by atoms with Gasteiger partial charge in [0.1, 0.15) is 11.6 Å². The number of aromatic nitrogens is 1. The number of ether oxygens (including phenoxy) is 2. The van der Waals surface area contributed by atoms with Crippen LogP contribution in [0.4, 0.5) is 0 Å². The zero-order valence-electron chi connectivity index (χ0n) is 15.2. The summed E-state index contributed by atoms with van der Waals surface area (Å²) in [5.74, 6) is 1.28. The normalized spacial score (nSPS) is 11.9. The van der Waals surface area contributed by atoms with Gasteiger partial charge in [-0.1, -0.05) is 30.3 Å². The fraction of sp³-hybridized carbons (Fsp3) is 0.182. The van der Waals surface area contributed by atoms with Crippen molar-refractivity contribution in [3.05, 3.63) is 70.0 Å². The third-order valence-electron chi connectivity index (χ3n) is 4.99. The molecule has 1 aromatic heterocycles. The maximum absolute atomic E-state index is 13.0. The SMILES string of the molecule is COc1cc2c(cc1OC)-c1cc(-c3ccccc3)c(C#N)c(=O)n1CC2. The van der Waals surface area contributed by atoms with E-state index in [1.54, 1.807) is 18.8 Å². The first-order chi connectivity index (χ1) is 13.2. The van der Waals surface area contributed by atoms with Gasteiger partial charge in [-0.2, -0.15) is 5.26 Å². The van der Waals surface area contributed by atoms with Gasteiger partial charge in [0.05, 0.1) is 19.9 Å². The molecule has 5 heteroatoms. The van der Waals surface area contributed by atoms with Crippen molar-refractivity contribution in [3.63, 3.8) is 0 Å². The molecule has 3 aromatic rings. The smallest absolute Gasteiger partial charge is 0.269 e. The Kier molecular flexibility index (Phi) is 4.17. The lowest BCUT2D eigenvalue weighted by molar-refractivity contribution is 0.354.